The van der Waals surface area contributed by atoms with Crippen LogP contribution in [0.25, 0.3) is 17.0 Å². The smallest absolute Gasteiger partial charge is 0.337 e. The molecule has 0 N–H and O–H groups in total. The normalized spacial score (nSPS) is 14.3. The molecule has 10 heteroatoms. The van der Waals surface area contributed by atoms with E-state index in [0.717, 1.165) is 22.0 Å². The summed E-state index contributed by atoms with van der Waals surface area (Å²) in [7, 11) is 1.31. The highest BCUT2D eigenvalue weighted by Crippen LogP contribution is 2.35. The number of nitriles is 1. The molecule has 3 heterocycles. The quantitative estimate of drug-likeness (QED) is 0.222. The SMILES string of the molecule is CCOc1ccc([C@@H]2C(C(=O)OC)=CN=c3s/c(=C/c4cn(Cc5ccc(C#N)cc5)c5ccccc45)c(=O)n32)cc1OCC. The van der Waals surface area contributed by atoms with Crippen LogP contribution in [0.3, 0.4) is 0 Å². The third-order valence-corrected chi connectivity index (χ3v) is 8.55. The third kappa shape index (κ3) is 5.66. The molecule has 0 unspecified atom stereocenters. The van der Waals surface area contributed by atoms with Gasteiger partial charge in [0.2, 0.25) is 0 Å². The number of hydrogen-bond donors (Lipinski definition) is 0. The number of para-hydroxylation sites is 1. The van der Waals surface area contributed by atoms with Gasteiger partial charge in [-0.15, -0.1) is 0 Å². The summed E-state index contributed by atoms with van der Waals surface area (Å²) in [6.07, 6.45) is 5.38. The van der Waals surface area contributed by atoms with Crippen molar-refractivity contribution in [3.63, 3.8) is 0 Å². The van der Waals surface area contributed by atoms with Crippen molar-refractivity contribution < 1.29 is 19.0 Å². The molecule has 2 aromatic heterocycles. The van der Waals surface area contributed by atoms with Crippen molar-refractivity contribution in [2.75, 3.05) is 20.3 Å². The van der Waals surface area contributed by atoms with E-state index in [-0.39, 0.29) is 11.1 Å². The van der Waals surface area contributed by atoms with Crippen LogP contribution in [0.2, 0.25) is 0 Å². The molecule has 0 amide bonds. The van der Waals surface area contributed by atoms with E-state index >= 15 is 0 Å². The van der Waals surface area contributed by atoms with Gasteiger partial charge in [-0.25, -0.2) is 9.79 Å². The number of thiazole rings is 1. The molecule has 0 aliphatic carbocycles. The first-order valence-electron chi connectivity index (χ1n) is 14.5. The van der Waals surface area contributed by atoms with Crippen LogP contribution >= 0.6 is 11.3 Å². The predicted molar refractivity (Wildman–Crippen MR) is 172 cm³/mol. The van der Waals surface area contributed by atoms with E-state index < -0.39 is 12.0 Å². The lowest BCUT2D eigenvalue weighted by Gasteiger charge is -2.23. The zero-order chi connectivity index (χ0) is 31.5. The van der Waals surface area contributed by atoms with Gasteiger partial charge in [0.05, 0.1) is 48.1 Å². The van der Waals surface area contributed by atoms with Crippen LogP contribution in [0.4, 0.5) is 0 Å². The van der Waals surface area contributed by atoms with Gasteiger partial charge >= 0.3 is 5.97 Å². The Hall–Kier alpha value is -5.40. The fourth-order valence-corrected chi connectivity index (χ4v) is 6.49. The molecule has 0 saturated heterocycles. The first-order valence-corrected chi connectivity index (χ1v) is 15.3. The monoisotopic (exact) mass is 618 g/mol. The summed E-state index contributed by atoms with van der Waals surface area (Å²) in [5.74, 6) is 0.530. The van der Waals surface area contributed by atoms with E-state index in [1.54, 1.807) is 16.7 Å². The second-order valence-electron chi connectivity index (χ2n) is 10.3. The Bertz CT molecular complexity index is 2170. The van der Waals surface area contributed by atoms with Crippen LogP contribution in [-0.4, -0.2) is 35.4 Å². The van der Waals surface area contributed by atoms with Crippen molar-refractivity contribution in [1.29, 1.82) is 5.26 Å². The number of esters is 1. The fraction of sp³-hybridized carbons (Fsp3) is 0.200. The summed E-state index contributed by atoms with van der Waals surface area (Å²) in [5, 5.41) is 10.2. The van der Waals surface area contributed by atoms with Gasteiger partial charge in [-0.2, -0.15) is 5.26 Å². The number of aromatic nitrogens is 2. The highest BCUT2D eigenvalue weighted by Gasteiger charge is 2.31. The number of nitrogens with zero attached hydrogens (tertiary/aromatic N) is 4. The topological polar surface area (TPSA) is 108 Å². The van der Waals surface area contributed by atoms with Gasteiger partial charge in [-0.1, -0.05) is 47.7 Å². The summed E-state index contributed by atoms with van der Waals surface area (Å²) >= 11 is 1.26. The maximum Gasteiger partial charge on any atom is 0.337 e. The first-order chi connectivity index (χ1) is 21.9. The van der Waals surface area contributed by atoms with E-state index in [0.29, 0.717) is 51.7 Å². The number of ether oxygens (including phenoxy) is 3. The lowest BCUT2D eigenvalue weighted by molar-refractivity contribution is -0.136. The van der Waals surface area contributed by atoms with Crippen molar-refractivity contribution in [3.05, 3.63) is 127 Å². The minimum atomic E-state index is -0.775. The lowest BCUT2D eigenvalue weighted by Crippen LogP contribution is -2.39. The zero-order valence-electron chi connectivity index (χ0n) is 25.0. The lowest BCUT2D eigenvalue weighted by atomic mass is 9.97. The Morgan fingerprint density at radius 1 is 1.04 bits per heavy atom. The standard InChI is InChI=1S/C35H30N4O5S/c1-4-43-29-15-14-24(16-30(29)44-5-2)32-27(34(41)42-3)19-37-35-39(32)33(40)31(45-35)17-25-21-38(28-9-7-6-8-26(25)28)20-23-12-10-22(18-36)11-13-23/h6-17,19,21,32H,4-5,20H2,1-3H3/b31-17+/t32-/m1/s1. The van der Waals surface area contributed by atoms with Crippen molar-refractivity contribution in [2.45, 2.75) is 26.4 Å². The van der Waals surface area contributed by atoms with Crippen molar-refractivity contribution >= 4 is 34.3 Å². The Kier molecular flexibility index (Phi) is 8.36. The number of carbonyl (C=O) groups excluding carboxylic acids is 1. The van der Waals surface area contributed by atoms with Crippen molar-refractivity contribution in [1.82, 2.24) is 9.13 Å². The molecule has 1 atom stereocenters. The molecule has 0 fully saturated rings. The van der Waals surface area contributed by atoms with E-state index in [1.165, 1.54) is 24.6 Å². The minimum absolute atomic E-state index is 0.238. The molecule has 1 aliphatic rings. The van der Waals surface area contributed by atoms with Gasteiger partial charge in [0.15, 0.2) is 16.3 Å². The van der Waals surface area contributed by atoms with Gasteiger partial charge in [0.1, 0.15) is 0 Å². The van der Waals surface area contributed by atoms with Gasteiger partial charge in [-0.05, 0) is 61.4 Å². The molecule has 0 bridgehead atoms. The zero-order valence-corrected chi connectivity index (χ0v) is 25.8. The summed E-state index contributed by atoms with van der Waals surface area (Å²) in [5.41, 5.74) is 4.20. The van der Waals surface area contributed by atoms with Crippen molar-refractivity contribution in [3.8, 4) is 17.6 Å². The van der Waals surface area contributed by atoms with Crippen LogP contribution in [0, 0.1) is 11.3 Å². The number of carbonyl (C=O) groups is 1. The molecule has 9 nitrogen and oxygen atoms in total. The van der Waals surface area contributed by atoms with Gasteiger partial charge in [-0.3, -0.25) is 9.36 Å². The number of rotatable bonds is 9. The molecule has 0 saturated carbocycles. The van der Waals surface area contributed by atoms with E-state index in [9.17, 15) is 9.59 Å². The van der Waals surface area contributed by atoms with E-state index in [2.05, 4.69) is 15.6 Å². The summed E-state index contributed by atoms with van der Waals surface area (Å²) in [6.45, 7) is 5.26. The second kappa shape index (κ2) is 12.7. The molecule has 0 radical (unpaired) electrons. The summed E-state index contributed by atoms with van der Waals surface area (Å²) in [4.78, 5) is 32.1. The molecular formula is C35H30N4O5S. The Morgan fingerprint density at radius 2 is 1.80 bits per heavy atom. The Labute approximate surface area is 263 Å². The van der Waals surface area contributed by atoms with Crippen molar-refractivity contribution in [2.24, 2.45) is 4.99 Å². The third-order valence-electron chi connectivity index (χ3n) is 7.55. The van der Waals surface area contributed by atoms with Crippen LogP contribution in [0.1, 0.15) is 42.1 Å². The molecule has 6 rings (SSSR count). The second-order valence-corrected chi connectivity index (χ2v) is 11.3. The van der Waals surface area contributed by atoms with Crippen LogP contribution in [0.5, 0.6) is 11.5 Å². The largest absolute Gasteiger partial charge is 0.490 e. The maximum absolute atomic E-state index is 14.1. The molecule has 45 heavy (non-hydrogen) atoms. The minimum Gasteiger partial charge on any atom is -0.490 e. The first kappa shape index (κ1) is 29.7. The van der Waals surface area contributed by atoms with E-state index in [1.807, 2.05) is 80.7 Å². The van der Waals surface area contributed by atoms with Crippen LogP contribution < -0.4 is 24.4 Å². The maximum atomic E-state index is 14.1. The molecule has 5 aromatic rings. The van der Waals surface area contributed by atoms with Gasteiger partial charge in [0, 0.05) is 35.4 Å². The summed E-state index contributed by atoms with van der Waals surface area (Å²) in [6, 6.07) is 22.3. The molecule has 0 spiro atoms. The highest BCUT2D eigenvalue weighted by atomic mass is 32.1. The number of fused-ring (bicyclic) bond motifs is 2. The molecule has 226 valence electrons. The molecule has 1 aliphatic heterocycles. The predicted octanol–water partition coefficient (Wildman–Crippen LogP) is 4.69. The average Bonchev–Trinajstić information content (AvgIpc) is 3.58. The number of methoxy groups -OCH3 is 1. The Balaban J connectivity index is 1.47. The Morgan fingerprint density at radius 3 is 2.53 bits per heavy atom. The number of hydrogen-bond acceptors (Lipinski definition) is 8. The van der Waals surface area contributed by atoms with Crippen LogP contribution in [-0.2, 0) is 16.1 Å². The summed E-state index contributed by atoms with van der Waals surface area (Å²) < 4.78 is 20.8. The molecule has 3 aromatic carbocycles. The van der Waals surface area contributed by atoms with Gasteiger partial charge < -0.3 is 18.8 Å². The van der Waals surface area contributed by atoms with Crippen LogP contribution in [0.15, 0.2) is 94.5 Å². The average molecular weight is 619 g/mol. The fourth-order valence-electron chi connectivity index (χ4n) is 5.53. The van der Waals surface area contributed by atoms with Gasteiger partial charge in [0.25, 0.3) is 5.56 Å². The molecular weight excluding hydrogens is 588 g/mol. The highest BCUT2D eigenvalue weighted by molar-refractivity contribution is 7.07. The van der Waals surface area contributed by atoms with E-state index in [4.69, 9.17) is 19.5 Å². The number of benzene rings is 3.